The van der Waals surface area contributed by atoms with Crippen LogP contribution in [-0.4, -0.2) is 8.42 Å². The van der Waals surface area contributed by atoms with Gasteiger partial charge in [-0.3, -0.25) is 4.72 Å². The first-order valence-electron chi connectivity index (χ1n) is 5.80. The van der Waals surface area contributed by atoms with Crippen LogP contribution in [0.4, 0.5) is 18.9 Å². The predicted octanol–water partition coefficient (Wildman–Crippen LogP) is 2.36. The number of sulfonamides is 1. The van der Waals surface area contributed by atoms with E-state index in [-0.39, 0.29) is 17.8 Å². The molecule has 0 spiro atoms. The average molecular weight is 316 g/mol. The maximum absolute atomic E-state index is 13.7. The van der Waals surface area contributed by atoms with Crippen molar-refractivity contribution in [3.63, 3.8) is 0 Å². The zero-order valence-corrected chi connectivity index (χ0v) is 11.4. The Morgan fingerprint density at radius 2 is 1.81 bits per heavy atom. The minimum absolute atomic E-state index is 0.104. The summed E-state index contributed by atoms with van der Waals surface area (Å²) in [4.78, 5) is -0.882. The molecule has 21 heavy (non-hydrogen) atoms. The molecule has 0 atom stereocenters. The van der Waals surface area contributed by atoms with E-state index in [0.717, 1.165) is 24.3 Å². The number of hydrogen-bond acceptors (Lipinski definition) is 3. The van der Waals surface area contributed by atoms with Crippen LogP contribution >= 0.6 is 0 Å². The van der Waals surface area contributed by atoms with E-state index in [4.69, 9.17) is 5.73 Å². The van der Waals surface area contributed by atoms with Crippen molar-refractivity contribution in [2.45, 2.75) is 11.4 Å². The van der Waals surface area contributed by atoms with Gasteiger partial charge in [0, 0.05) is 6.54 Å². The Morgan fingerprint density at radius 1 is 1.10 bits per heavy atom. The molecule has 8 heteroatoms. The van der Waals surface area contributed by atoms with E-state index in [1.54, 1.807) is 0 Å². The average Bonchev–Trinajstić information content (AvgIpc) is 2.41. The molecule has 0 heterocycles. The Morgan fingerprint density at radius 3 is 2.43 bits per heavy atom. The highest BCUT2D eigenvalue weighted by Crippen LogP contribution is 2.22. The summed E-state index contributed by atoms with van der Waals surface area (Å²) in [5.74, 6) is -3.51. The maximum Gasteiger partial charge on any atom is 0.264 e. The molecule has 3 N–H and O–H groups in total. The Kier molecular flexibility index (Phi) is 4.19. The van der Waals surface area contributed by atoms with Crippen molar-refractivity contribution >= 4 is 15.7 Å². The quantitative estimate of drug-likeness (QED) is 0.909. The number of nitrogens with two attached hydrogens (primary N) is 1. The summed E-state index contributed by atoms with van der Waals surface area (Å²) in [5, 5.41) is 0. The Balaban J connectivity index is 2.47. The minimum Gasteiger partial charge on any atom is -0.326 e. The molecule has 0 saturated heterocycles. The normalized spacial score (nSPS) is 11.4. The van der Waals surface area contributed by atoms with Crippen LogP contribution in [0.2, 0.25) is 0 Å². The van der Waals surface area contributed by atoms with Gasteiger partial charge >= 0.3 is 0 Å². The number of nitrogens with one attached hydrogen (secondary N) is 1. The molecule has 2 rings (SSSR count). The second-order valence-corrected chi connectivity index (χ2v) is 5.86. The number of halogens is 3. The van der Waals surface area contributed by atoms with Gasteiger partial charge in [0.1, 0.15) is 10.7 Å². The molecule has 2 aromatic carbocycles. The largest absolute Gasteiger partial charge is 0.326 e. The third-order valence-electron chi connectivity index (χ3n) is 2.66. The van der Waals surface area contributed by atoms with E-state index in [0.29, 0.717) is 0 Å². The zero-order valence-electron chi connectivity index (χ0n) is 10.6. The van der Waals surface area contributed by atoms with Crippen molar-refractivity contribution in [1.29, 1.82) is 0 Å². The first-order valence-corrected chi connectivity index (χ1v) is 7.28. The summed E-state index contributed by atoms with van der Waals surface area (Å²) in [5.41, 5.74) is 5.31. The van der Waals surface area contributed by atoms with Gasteiger partial charge in [0.05, 0.1) is 5.69 Å². The summed E-state index contributed by atoms with van der Waals surface area (Å²) in [6.07, 6.45) is 0. The molecular weight excluding hydrogens is 305 g/mol. The summed E-state index contributed by atoms with van der Waals surface area (Å²) in [6.45, 7) is -0.153. The molecule has 4 nitrogen and oxygen atoms in total. The van der Waals surface area contributed by atoms with Gasteiger partial charge < -0.3 is 5.73 Å². The fraction of sp³-hybridized carbons (Fsp3) is 0.0769. The van der Waals surface area contributed by atoms with Gasteiger partial charge in [-0.05, 0) is 35.9 Å². The molecule has 0 aliphatic carbocycles. The van der Waals surface area contributed by atoms with Crippen LogP contribution in [-0.2, 0) is 16.6 Å². The van der Waals surface area contributed by atoms with Crippen LogP contribution in [0.5, 0.6) is 0 Å². The summed E-state index contributed by atoms with van der Waals surface area (Å²) < 4.78 is 66.2. The molecule has 112 valence electrons. The first kappa shape index (κ1) is 15.3. The Hall–Kier alpha value is -2.06. The standard InChI is InChI=1S/C13H11F3N2O2S/c14-9-2-1-3-10(6-9)18-21(19,20)12-5-8(7-17)4-11(15)13(12)16/h1-6,18H,7,17H2. The number of rotatable bonds is 4. The molecule has 0 aliphatic heterocycles. The van der Waals surface area contributed by atoms with Crippen LogP contribution in [0, 0.1) is 17.5 Å². The fourth-order valence-electron chi connectivity index (χ4n) is 1.69. The molecule has 2 aromatic rings. The summed E-state index contributed by atoms with van der Waals surface area (Å²) in [7, 11) is -4.40. The molecule has 0 saturated carbocycles. The minimum atomic E-state index is -4.40. The van der Waals surface area contributed by atoms with E-state index >= 15 is 0 Å². The maximum atomic E-state index is 13.7. The van der Waals surface area contributed by atoms with Crippen molar-refractivity contribution in [3.05, 3.63) is 59.4 Å². The van der Waals surface area contributed by atoms with Crippen molar-refractivity contribution in [2.75, 3.05) is 4.72 Å². The summed E-state index contributed by atoms with van der Waals surface area (Å²) in [6, 6.07) is 6.34. The van der Waals surface area contributed by atoms with Gasteiger partial charge in [-0.2, -0.15) is 0 Å². The van der Waals surface area contributed by atoms with E-state index in [1.165, 1.54) is 12.1 Å². The lowest BCUT2D eigenvalue weighted by atomic mass is 10.2. The Bertz CT molecular complexity index is 779. The zero-order chi connectivity index (χ0) is 15.6. The van der Waals surface area contributed by atoms with Crippen molar-refractivity contribution in [2.24, 2.45) is 5.73 Å². The van der Waals surface area contributed by atoms with Gasteiger partial charge in [-0.25, -0.2) is 21.6 Å². The lowest BCUT2D eigenvalue weighted by Crippen LogP contribution is -2.16. The highest BCUT2D eigenvalue weighted by molar-refractivity contribution is 7.92. The molecule has 0 unspecified atom stereocenters. The van der Waals surface area contributed by atoms with Gasteiger partial charge in [-0.1, -0.05) is 6.07 Å². The third-order valence-corrected chi connectivity index (χ3v) is 4.04. The van der Waals surface area contributed by atoms with Gasteiger partial charge in [0.2, 0.25) is 0 Å². The van der Waals surface area contributed by atoms with Crippen LogP contribution < -0.4 is 10.5 Å². The highest BCUT2D eigenvalue weighted by atomic mass is 32.2. The smallest absolute Gasteiger partial charge is 0.264 e. The van der Waals surface area contributed by atoms with Gasteiger partial charge in [0.25, 0.3) is 10.0 Å². The monoisotopic (exact) mass is 316 g/mol. The van der Waals surface area contributed by atoms with Crippen molar-refractivity contribution in [1.82, 2.24) is 0 Å². The SMILES string of the molecule is NCc1cc(F)c(F)c(S(=O)(=O)Nc2cccc(F)c2)c1. The predicted molar refractivity (Wildman–Crippen MR) is 71.5 cm³/mol. The fourth-order valence-corrected chi connectivity index (χ4v) is 2.88. The van der Waals surface area contributed by atoms with E-state index in [9.17, 15) is 21.6 Å². The van der Waals surface area contributed by atoms with Crippen LogP contribution in [0.25, 0.3) is 0 Å². The topological polar surface area (TPSA) is 72.2 Å². The molecule has 0 aliphatic rings. The molecule has 0 fully saturated rings. The lowest BCUT2D eigenvalue weighted by Gasteiger charge is -2.10. The number of benzene rings is 2. The molecule has 0 amide bonds. The van der Waals surface area contributed by atoms with Crippen molar-refractivity contribution < 1.29 is 21.6 Å². The van der Waals surface area contributed by atoms with Crippen LogP contribution in [0.3, 0.4) is 0 Å². The summed E-state index contributed by atoms with van der Waals surface area (Å²) >= 11 is 0. The van der Waals surface area contributed by atoms with E-state index in [1.807, 2.05) is 4.72 Å². The molecular formula is C13H11F3N2O2S. The lowest BCUT2D eigenvalue weighted by molar-refractivity contribution is 0.483. The number of anilines is 1. The second-order valence-electron chi connectivity index (χ2n) is 4.21. The number of hydrogen-bond donors (Lipinski definition) is 2. The van der Waals surface area contributed by atoms with E-state index < -0.39 is 32.4 Å². The van der Waals surface area contributed by atoms with Crippen LogP contribution in [0.15, 0.2) is 41.3 Å². The molecule has 0 bridgehead atoms. The second kappa shape index (κ2) is 5.74. The van der Waals surface area contributed by atoms with E-state index in [2.05, 4.69) is 0 Å². The molecule has 0 aromatic heterocycles. The van der Waals surface area contributed by atoms with Crippen molar-refractivity contribution in [3.8, 4) is 0 Å². The third kappa shape index (κ3) is 3.34. The first-order chi connectivity index (χ1) is 9.83. The van der Waals surface area contributed by atoms with Gasteiger partial charge in [-0.15, -0.1) is 0 Å². The van der Waals surface area contributed by atoms with Gasteiger partial charge in [0.15, 0.2) is 11.6 Å². The Labute approximate surface area is 119 Å². The van der Waals surface area contributed by atoms with Crippen LogP contribution in [0.1, 0.15) is 5.56 Å². The highest BCUT2D eigenvalue weighted by Gasteiger charge is 2.23. The molecule has 0 radical (unpaired) electrons.